The van der Waals surface area contributed by atoms with Crippen molar-refractivity contribution in [3.8, 4) is 0 Å². The Morgan fingerprint density at radius 1 is 1.16 bits per heavy atom. The number of ether oxygens (including phenoxy) is 1. The highest BCUT2D eigenvalue weighted by Crippen LogP contribution is 2.19. The minimum absolute atomic E-state index is 0.247. The lowest BCUT2D eigenvalue weighted by molar-refractivity contribution is 0.195. The second kappa shape index (κ2) is 5.88. The molecule has 0 aromatic carbocycles. The van der Waals surface area contributed by atoms with Gasteiger partial charge in [0, 0.05) is 19.7 Å². The van der Waals surface area contributed by atoms with Crippen LogP contribution < -0.4 is 10.2 Å². The van der Waals surface area contributed by atoms with Crippen molar-refractivity contribution in [1.29, 1.82) is 0 Å². The fraction of sp³-hybridized carbons (Fsp3) is 0.750. The molecule has 104 valence electrons. The van der Waals surface area contributed by atoms with Gasteiger partial charge in [-0.1, -0.05) is 0 Å². The van der Waals surface area contributed by atoms with E-state index in [2.05, 4.69) is 25.2 Å². The second-order valence-electron chi connectivity index (χ2n) is 4.98. The number of rotatable bonds is 3. The SMILES string of the molecule is Clc1nc(NC2CCOC2)nc(N2CCCCC2)n1. The maximum absolute atomic E-state index is 5.99. The molecule has 2 aliphatic rings. The Balaban J connectivity index is 1.74. The first-order valence-corrected chi connectivity index (χ1v) is 7.20. The topological polar surface area (TPSA) is 63.2 Å². The summed E-state index contributed by atoms with van der Waals surface area (Å²) >= 11 is 5.99. The first-order chi connectivity index (χ1) is 9.31. The van der Waals surface area contributed by atoms with E-state index in [0.29, 0.717) is 18.5 Å². The number of piperidine rings is 1. The number of halogens is 1. The van der Waals surface area contributed by atoms with E-state index in [-0.39, 0.29) is 11.3 Å². The zero-order chi connectivity index (χ0) is 13.1. The highest BCUT2D eigenvalue weighted by Gasteiger charge is 2.19. The lowest BCUT2D eigenvalue weighted by Gasteiger charge is -2.26. The van der Waals surface area contributed by atoms with Gasteiger partial charge >= 0.3 is 0 Å². The second-order valence-corrected chi connectivity index (χ2v) is 5.32. The van der Waals surface area contributed by atoms with Gasteiger partial charge in [0.05, 0.1) is 12.6 Å². The number of anilines is 2. The smallest absolute Gasteiger partial charge is 0.231 e. The molecule has 3 rings (SSSR count). The Hall–Kier alpha value is -1.14. The summed E-state index contributed by atoms with van der Waals surface area (Å²) in [5, 5.41) is 3.51. The third kappa shape index (κ3) is 3.25. The third-order valence-electron chi connectivity index (χ3n) is 3.50. The molecule has 1 atom stereocenters. The number of nitrogens with one attached hydrogen (secondary N) is 1. The number of hydrogen-bond donors (Lipinski definition) is 1. The Morgan fingerprint density at radius 2 is 2.00 bits per heavy atom. The molecular weight excluding hydrogens is 266 g/mol. The molecule has 0 aliphatic carbocycles. The van der Waals surface area contributed by atoms with E-state index in [1.54, 1.807) is 0 Å². The zero-order valence-corrected chi connectivity index (χ0v) is 11.6. The Morgan fingerprint density at radius 3 is 2.74 bits per heavy atom. The van der Waals surface area contributed by atoms with Crippen LogP contribution in [0.2, 0.25) is 5.28 Å². The summed E-state index contributed by atoms with van der Waals surface area (Å²) in [6.07, 6.45) is 4.62. The molecular formula is C12H18ClN5O. The molecule has 3 heterocycles. The van der Waals surface area contributed by atoms with Crippen LogP contribution in [0.25, 0.3) is 0 Å². The van der Waals surface area contributed by atoms with E-state index in [1.165, 1.54) is 19.3 Å². The van der Waals surface area contributed by atoms with Crippen molar-refractivity contribution in [3.05, 3.63) is 5.28 Å². The molecule has 0 amide bonds. The minimum Gasteiger partial charge on any atom is -0.379 e. The molecule has 6 nitrogen and oxygen atoms in total. The summed E-state index contributed by atoms with van der Waals surface area (Å²) in [6, 6.07) is 0.271. The molecule has 0 radical (unpaired) electrons. The summed E-state index contributed by atoms with van der Waals surface area (Å²) in [5.41, 5.74) is 0. The van der Waals surface area contributed by atoms with Gasteiger partial charge < -0.3 is 15.0 Å². The summed E-state index contributed by atoms with van der Waals surface area (Å²) < 4.78 is 5.33. The maximum Gasteiger partial charge on any atom is 0.231 e. The fourth-order valence-electron chi connectivity index (χ4n) is 2.47. The quantitative estimate of drug-likeness (QED) is 0.911. The molecule has 2 saturated heterocycles. The average molecular weight is 284 g/mol. The van der Waals surface area contributed by atoms with Crippen molar-refractivity contribution in [2.45, 2.75) is 31.7 Å². The molecule has 1 aromatic rings. The molecule has 1 aromatic heterocycles. The molecule has 0 saturated carbocycles. The van der Waals surface area contributed by atoms with Crippen LogP contribution in [-0.4, -0.2) is 47.3 Å². The summed E-state index contributed by atoms with van der Waals surface area (Å²) in [4.78, 5) is 15.0. The first-order valence-electron chi connectivity index (χ1n) is 6.82. The lowest BCUT2D eigenvalue weighted by atomic mass is 10.1. The summed E-state index contributed by atoms with van der Waals surface area (Å²) in [7, 11) is 0. The normalized spacial score (nSPS) is 23.6. The van der Waals surface area contributed by atoms with Crippen LogP contribution in [0.4, 0.5) is 11.9 Å². The van der Waals surface area contributed by atoms with E-state index in [4.69, 9.17) is 16.3 Å². The van der Waals surface area contributed by atoms with Crippen molar-refractivity contribution in [3.63, 3.8) is 0 Å². The number of hydrogen-bond acceptors (Lipinski definition) is 6. The lowest BCUT2D eigenvalue weighted by Crippen LogP contribution is -2.31. The third-order valence-corrected chi connectivity index (χ3v) is 3.67. The largest absolute Gasteiger partial charge is 0.379 e. The average Bonchev–Trinajstić information content (AvgIpc) is 2.92. The van der Waals surface area contributed by atoms with Crippen molar-refractivity contribution in [2.75, 3.05) is 36.5 Å². The van der Waals surface area contributed by atoms with Crippen LogP contribution in [0.3, 0.4) is 0 Å². The first kappa shape index (κ1) is 12.9. The van der Waals surface area contributed by atoms with Gasteiger partial charge in [-0.3, -0.25) is 0 Å². The van der Waals surface area contributed by atoms with Crippen molar-refractivity contribution >= 4 is 23.5 Å². The monoisotopic (exact) mass is 283 g/mol. The summed E-state index contributed by atoms with van der Waals surface area (Å²) in [6.45, 7) is 3.47. The van der Waals surface area contributed by atoms with Gasteiger partial charge in [0.2, 0.25) is 17.2 Å². The molecule has 2 aliphatic heterocycles. The van der Waals surface area contributed by atoms with Crippen molar-refractivity contribution in [1.82, 2.24) is 15.0 Å². The van der Waals surface area contributed by atoms with E-state index >= 15 is 0 Å². The standard InChI is InChI=1S/C12H18ClN5O/c13-10-15-11(14-9-4-7-19-8-9)17-12(16-10)18-5-2-1-3-6-18/h9H,1-8H2,(H,14,15,16,17). The van der Waals surface area contributed by atoms with E-state index in [9.17, 15) is 0 Å². The van der Waals surface area contributed by atoms with Crippen molar-refractivity contribution in [2.24, 2.45) is 0 Å². The highest BCUT2D eigenvalue weighted by atomic mass is 35.5. The Kier molecular flexibility index (Phi) is 3.98. The molecule has 2 fully saturated rings. The van der Waals surface area contributed by atoms with Crippen LogP contribution in [0, 0.1) is 0 Å². The van der Waals surface area contributed by atoms with Crippen LogP contribution in [0.5, 0.6) is 0 Å². The highest BCUT2D eigenvalue weighted by molar-refractivity contribution is 6.28. The Labute approximate surface area is 117 Å². The van der Waals surface area contributed by atoms with Gasteiger partial charge in [-0.2, -0.15) is 15.0 Å². The van der Waals surface area contributed by atoms with Gasteiger partial charge in [0.1, 0.15) is 0 Å². The number of aromatic nitrogens is 3. The van der Waals surface area contributed by atoms with Gasteiger partial charge in [0.25, 0.3) is 0 Å². The van der Waals surface area contributed by atoms with Gasteiger partial charge in [-0.15, -0.1) is 0 Å². The van der Waals surface area contributed by atoms with Gasteiger partial charge in [-0.05, 0) is 37.3 Å². The van der Waals surface area contributed by atoms with E-state index in [1.807, 2.05) is 0 Å². The summed E-state index contributed by atoms with van der Waals surface area (Å²) in [5.74, 6) is 1.23. The van der Waals surface area contributed by atoms with Crippen molar-refractivity contribution < 1.29 is 4.74 Å². The molecule has 1 unspecified atom stereocenters. The predicted octanol–water partition coefficient (Wildman–Crippen LogP) is 1.72. The maximum atomic E-state index is 5.99. The van der Waals surface area contributed by atoms with Crippen LogP contribution in [0.15, 0.2) is 0 Å². The predicted molar refractivity (Wildman–Crippen MR) is 73.7 cm³/mol. The van der Waals surface area contributed by atoms with Crippen LogP contribution in [0.1, 0.15) is 25.7 Å². The molecule has 0 spiro atoms. The molecule has 19 heavy (non-hydrogen) atoms. The fourth-order valence-corrected chi connectivity index (χ4v) is 2.63. The van der Waals surface area contributed by atoms with E-state index < -0.39 is 0 Å². The molecule has 7 heteroatoms. The Bertz CT molecular complexity index is 432. The molecule has 0 bridgehead atoms. The minimum atomic E-state index is 0.247. The van der Waals surface area contributed by atoms with Gasteiger partial charge in [-0.25, -0.2) is 0 Å². The van der Waals surface area contributed by atoms with Gasteiger partial charge in [0.15, 0.2) is 0 Å². The molecule has 1 N–H and O–H groups in total. The van der Waals surface area contributed by atoms with E-state index in [0.717, 1.165) is 26.1 Å². The zero-order valence-electron chi connectivity index (χ0n) is 10.8. The van der Waals surface area contributed by atoms with Crippen LogP contribution in [-0.2, 0) is 4.74 Å². The van der Waals surface area contributed by atoms with Crippen LogP contribution >= 0.6 is 11.6 Å². The number of nitrogens with zero attached hydrogens (tertiary/aromatic N) is 4.